The molecule has 10 aromatic rings. The van der Waals surface area contributed by atoms with Gasteiger partial charge in [0, 0.05) is 55.7 Å². The molecule has 63 heavy (non-hydrogen) atoms. The molecule has 0 aliphatic heterocycles. The Kier molecular flexibility index (Phi) is 9.11. The van der Waals surface area contributed by atoms with E-state index < -0.39 is 0 Å². The van der Waals surface area contributed by atoms with E-state index in [9.17, 15) is 0 Å². The lowest BCUT2D eigenvalue weighted by Crippen LogP contribution is -2.10. The highest BCUT2D eigenvalue weighted by molar-refractivity contribution is 6.09. The Morgan fingerprint density at radius 1 is 0.476 bits per heavy atom. The van der Waals surface area contributed by atoms with Crippen molar-refractivity contribution in [3.63, 3.8) is 0 Å². The van der Waals surface area contributed by atoms with Crippen LogP contribution in [-0.2, 0) is 6.42 Å². The molecule has 0 radical (unpaired) electrons. The largest absolute Gasteiger partial charge is 0.455 e. The smallest absolute Gasteiger partial charge is 0.143 e. The lowest BCUT2D eigenvalue weighted by molar-refractivity contribution is 0.670. The van der Waals surface area contributed by atoms with Crippen LogP contribution in [-0.4, -0.2) is 4.57 Å². The summed E-state index contributed by atoms with van der Waals surface area (Å²) in [7, 11) is 0. The Balaban J connectivity index is 0.986. The highest BCUT2D eigenvalue weighted by Crippen LogP contribution is 2.44. The topological polar surface area (TPSA) is 21.3 Å². The molecule has 0 spiro atoms. The van der Waals surface area contributed by atoms with Crippen molar-refractivity contribution in [2.45, 2.75) is 25.7 Å². The van der Waals surface area contributed by atoms with Gasteiger partial charge in [-0.3, -0.25) is 0 Å². The van der Waals surface area contributed by atoms with Crippen molar-refractivity contribution in [1.82, 2.24) is 4.57 Å². The first kappa shape index (κ1) is 36.9. The van der Waals surface area contributed by atoms with Gasteiger partial charge >= 0.3 is 0 Å². The molecule has 0 saturated carbocycles. The van der Waals surface area contributed by atoms with Crippen LogP contribution in [0, 0.1) is 0 Å². The number of hydrogen-bond donors (Lipinski definition) is 0. The van der Waals surface area contributed by atoms with E-state index in [2.05, 4.69) is 216 Å². The van der Waals surface area contributed by atoms with E-state index >= 15 is 0 Å². The number of para-hydroxylation sites is 3. The normalized spacial score (nSPS) is 13.6. The number of allylic oxidation sites excluding steroid dienone is 5. The number of aromatic nitrogens is 1. The SMILES string of the molecule is C1=CC(C2=Cc3c(n(-c4ccccc4)c4ccc(N(c5ccc(-c6ccc(-c7ccccc7)cc6)cc5)c5ccc(-c6cccc7c6oc6ccccc67)cc5)cc34)CC2)=CCC1. The number of nitrogens with zero attached hydrogens (tertiary/aromatic N) is 2. The van der Waals surface area contributed by atoms with Crippen LogP contribution in [0.1, 0.15) is 30.5 Å². The highest BCUT2D eigenvalue weighted by atomic mass is 16.3. The maximum Gasteiger partial charge on any atom is 0.143 e. The van der Waals surface area contributed by atoms with Crippen LogP contribution in [0.2, 0.25) is 0 Å². The average Bonchev–Trinajstić information content (AvgIpc) is 3.91. The maximum atomic E-state index is 6.47. The van der Waals surface area contributed by atoms with E-state index in [-0.39, 0.29) is 0 Å². The lowest BCUT2D eigenvalue weighted by Gasteiger charge is -2.26. The van der Waals surface area contributed by atoms with Gasteiger partial charge in [0.25, 0.3) is 0 Å². The van der Waals surface area contributed by atoms with Gasteiger partial charge in [0.2, 0.25) is 0 Å². The zero-order valence-corrected chi connectivity index (χ0v) is 34.9. The molecule has 0 N–H and O–H groups in total. The third-order valence-corrected chi connectivity index (χ3v) is 13.0. The predicted molar refractivity (Wildman–Crippen MR) is 264 cm³/mol. The molecule has 3 nitrogen and oxygen atoms in total. The number of anilines is 3. The Morgan fingerprint density at radius 2 is 1.10 bits per heavy atom. The molecule has 0 unspecified atom stereocenters. The predicted octanol–water partition coefficient (Wildman–Crippen LogP) is 16.6. The number of hydrogen-bond acceptors (Lipinski definition) is 2. The first-order valence-corrected chi connectivity index (χ1v) is 22.1. The van der Waals surface area contributed by atoms with Gasteiger partial charge < -0.3 is 13.9 Å². The van der Waals surface area contributed by atoms with Crippen molar-refractivity contribution in [1.29, 1.82) is 0 Å². The fraction of sp³-hybridized carbons (Fsp3) is 0.0667. The van der Waals surface area contributed by atoms with Crippen LogP contribution in [0.25, 0.3) is 78.0 Å². The first-order chi connectivity index (χ1) is 31.2. The summed E-state index contributed by atoms with van der Waals surface area (Å²) in [4.78, 5) is 2.40. The molecule has 8 aromatic carbocycles. The molecule has 0 bridgehead atoms. The first-order valence-electron chi connectivity index (χ1n) is 22.1. The second-order valence-corrected chi connectivity index (χ2v) is 16.7. The molecule has 3 heteroatoms. The molecule has 0 amide bonds. The van der Waals surface area contributed by atoms with Gasteiger partial charge in [-0.2, -0.15) is 0 Å². The summed E-state index contributed by atoms with van der Waals surface area (Å²) in [5, 5.41) is 3.54. The van der Waals surface area contributed by atoms with Gasteiger partial charge in [-0.25, -0.2) is 0 Å². The van der Waals surface area contributed by atoms with E-state index in [1.807, 2.05) is 12.1 Å². The van der Waals surface area contributed by atoms with Crippen LogP contribution in [0.3, 0.4) is 0 Å². The lowest BCUT2D eigenvalue weighted by atomic mass is 9.89. The Morgan fingerprint density at radius 3 is 1.81 bits per heavy atom. The van der Waals surface area contributed by atoms with Crippen LogP contribution in [0.4, 0.5) is 17.1 Å². The van der Waals surface area contributed by atoms with Crippen molar-refractivity contribution < 1.29 is 4.42 Å². The minimum Gasteiger partial charge on any atom is -0.455 e. The molecule has 0 atom stereocenters. The van der Waals surface area contributed by atoms with E-state index in [4.69, 9.17) is 4.42 Å². The molecular formula is C60H44N2O. The highest BCUT2D eigenvalue weighted by Gasteiger charge is 2.24. The Labute approximate surface area is 367 Å². The molecule has 0 fully saturated rings. The van der Waals surface area contributed by atoms with Gasteiger partial charge in [0.15, 0.2) is 0 Å². The van der Waals surface area contributed by atoms with Gasteiger partial charge in [-0.05, 0) is 131 Å². The summed E-state index contributed by atoms with van der Waals surface area (Å²) >= 11 is 0. The molecule has 300 valence electrons. The van der Waals surface area contributed by atoms with E-state index in [1.54, 1.807) is 0 Å². The number of fused-ring (bicyclic) bond motifs is 6. The summed E-state index contributed by atoms with van der Waals surface area (Å²) in [6.07, 6.45) is 13.8. The summed E-state index contributed by atoms with van der Waals surface area (Å²) < 4.78 is 8.96. The van der Waals surface area contributed by atoms with E-state index in [0.29, 0.717) is 0 Å². The molecule has 12 rings (SSSR count). The van der Waals surface area contributed by atoms with Crippen molar-refractivity contribution in [2.75, 3.05) is 4.90 Å². The number of rotatable bonds is 8. The van der Waals surface area contributed by atoms with Crippen LogP contribution >= 0.6 is 0 Å². The third kappa shape index (κ3) is 6.61. The molecule has 2 aliphatic carbocycles. The average molecular weight is 809 g/mol. The second kappa shape index (κ2) is 15.5. The van der Waals surface area contributed by atoms with Gasteiger partial charge in [-0.15, -0.1) is 0 Å². The fourth-order valence-corrected chi connectivity index (χ4v) is 9.85. The zero-order valence-electron chi connectivity index (χ0n) is 34.9. The van der Waals surface area contributed by atoms with Crippen molar-refractivity contribution in [2.24, 2.45) is 0 Å². The molecular weight excluding hydrogens is 765 g/mol. The Bertz CT molecular complexity index is 3400. The van der Waals surface area contributed by atoms with Crippen LogP contribution in [0.5, 0.6) is 0 Å². The summed E-state index contributed by atoms with van der Waals surface area (Å²) in [6, 6.07) is 70.1. The Hall–Kier alpha value is -7.88. The maximum absolute atomic E-state index is 6.47. The molecule has 2 heterocycles. The fourth-order valence-electron chi connectivity index (χ4n) is 9.85. The van der Waals surface area contributed by atoms with Crippen LogP contribution < -0.4 is 4.90 Å². The summed E-state index contributed by atoms with van der Waals surface area (Å²) in [5.41, 5.74) is 20.0. The molecule has 2 aliphatic rings. The van der Waals surface area contributed by atoms with Gasteiger partial charge in [0.05, 0.1) is 5.52 Å². The minimum atomic E-state index is 0.908. The van der Waals surface area contributed by atoms with Crippen LogP contribution in [0.15, 0.2) is 228 Å². The van der Waals surface area contributed by atoms with Crippen molar-refractivity contribution in [3.8, 4) is 39.1 Å². The van der Waals surface area contributed by atoms with Crippen molar-refractivity contribution in [3.05, 3.63) is 235 Å². The molecule has 0 saturated heterocycles. The standard InChI is InChI=1S/C60H44N2O/c1-4-13-41(14-5-1)43-23-25-44(26-24-43)45-27-32-49(33-28-45)61(50-34-29-46(30-35-50)52-20-12-21-54-53-19-10-11-22-59(53)63-60(52)54)51-36-38-58-56(40-51)55-39-47(42-15-6-2-7-16-42)31-37-57(55)62(58)48-17-8-3-9-18-48/h1,3-6,8-30,32-36,38-40H,2,7,31,37H2. The van der Waals surface area contributed by atoms with E-state index in [0.717, 1.165) is 75.8 Å². The van der Waals surface area contributed by atoms with Gasteiger partial charge in [0.1, 0.15) is 11.2 Å². The van der Waals surface area contributed by atoms with Gasteiger partial charge in [-0.1, -0.05) is 152 Å². The zero-order chi connectivity index (χ0) is 41.7. The molecule has 2 aromatic heterocycles. The summed E-state index contributed by atoms with van der Waals surface area (Å²) in [6.45, 7) is 0. The number of benzene rings is 8. The monoisotopic (exact) mass is 808 g/mol. The van der Waals surface area contributed by atoms with E-state index in [1.165, 1.54) is 61.2 Å². The summed E-state index contributed by atoms with van der Waals surface area (Å²) in [5.74, 6) is 0. The second-order valence-electron chi connectivity index (χ2n) is 16.7. The minimum absolute atomic E-state index is 0.908. The quantitative estimate of drug-likeness (QED) is 0.152. The third-order valence-electron chi connectivity index (χ3n) is 13.0. The number of furan rings is 1. The van der Waals surface area contributed by atoms with Crippen molar-refractivity contribution >= 4 is 56.0 Å².